The van der Waals surface area contributed by atoms with Crippen molar-refractivity contribution in [1.82, 2.24) is 0 Å². The molecule has 3 rings (SSSR count). The van der Waals surface area contributed by atoms with Gasteiger partial charge >= 0.3 is 11.9 Å². The molecule has 0 aromatic heterocycles. The number of benzene rings is 3. The molecule has 0 aliphatic heterocycles. The minimum atomic E-state index is -0.354. The highest BCUT2D eigenvalue weighted by atomic mass is 16.5. The normalized spacial score (nSPS) is 11.5. The van der Waals surface area contributed by atoms with Gasteiger partial charge < -0.3 is 9.47 Å². The first-order valence-electron chi connectivity index (χ1n) is 11.1. The third-order valence-corrected chi connectivity index (χ3v) is 5.52. The van der Waals surface area contributed by atoms with E-state index in [-0.39, 0.29) is 11.9 Å². The van der Waals surface area contributed by atoms with Crippen molar-refractivity contribution in [3.63, 3.8) is 0 Å². The molecule has 0 aliphatic rings. The lowest BCUT2D eigenvalue weighted by Gasteiger charge is -2.17. The summed E-state index contributed by atoms with van der Waals surface area (Å²) in [6, 6.07) is 13.3. The number of ether oxygens (including phenoxy) is 2. The molecule has 0 amide bonds. The Bertz CT molecular complexity index is 1100. The van der Waals surface area contributed by atoms with E-state index in [1.54, 1.807) is 0 Å². The summed E-state index contributed by atoms with van der Waals surface area (Å²) in [5, 5.41) is 2.91. The third kappa shape index (κ3) is 5.07. The van der Waals surface area contributed by atoms with Crippen LogP contribution in [-0.4, -0.2) is 25.2 Å². The number of fused-ring (bicyclic) bond motifs is 2. The van der Waals surface area contributed by atoms with Gasteiger partial charge in [-0.1, -0.05) is 70.2 Å². The fraction of sp³-hybridized carbons (Fsp3) is 0.407. The summed E-state index contributed by atoms with van der Waals surface area (Å²) in [5.41, 5.74) is 1.96. The van der Waals surface area contributed by atoms with Crippen LogP contribution in [0.25, 0.3) is 21.5 Å². The topological polar surface area (TPSA) is 52.6 Å². The molecule has 0 aliphatic carbocycles. The van der Waals surface area contributed by atoms with Gasteiger partial charge in [0.15, 0.2) is 0 Å². The summed E-state index contributed by atoms with van der Waals surface area (Å²) in [5.74, 6) is 0.195. The van der Waals surface area contributed by atoms with E-state index >= 15 is 0 Å². The lowest BCUT2D eigenvalue weighted by Crippen LogP contribution is -2.13. The molecule has 0 atom stereocenters. The number of esters is 2. The number of hydrogen-bond donors (Lipinski definition) is 0. The molecule has 3 aromatic rings. The number of hydrogen-bond acceptors (Lipinski definition) is 4. The molecule has 0 fully saturated rings. The minimum Gasteiger partial charge on any atom is -0.462 e. The van der Waals surface area contributed by atoms with Gasteiger partial charge in [-0.3, -0.25) is 0 Å². The highest BCUT2D eigenvalue weighted by Gasteiger charge is 2.24. The molecule has 0 spiro atoms. The van der Waals surface area contributed by atoms with Gasteiger partial charge in [-0.2, -0.15) is 0 Å². The van der Waals surface area contributed by atoms with Crippen molar-refractivity contribution < 1.29 is 19.1 Å². The molecular formula is C27H32O4. The number of aryl methyl sites for hydroxylation is 1. The zero-order valence-corrected chi connectivity index (χ0v) is 19.2. The molecule has 3 aromatic carbocycles. The Hall–Kier alpha value is -2.88. The molecule has 0 radical (unpaired) electrons. The Morgan fingerprint density at radius 3 is 1.74 bits per heavy atom. The summed E-state index contributed by atoms with van der Waals surface area (Å²) < 4.78 is 11.3. The van der Waals surface area contributed by atoms with Crippen molar-refractivity contribution in [2.24, 2.45) is 11.8 Å². The average molecular weight is 421 g/mol. The minimum absolute atomic E-state index is 0.351. The predicted molar refractivity (Wildman–Crippen MR) is 126 cm³/mol. The molecule has 0 saturated carbocycles. The Morgan fingerprint density at radius 2 is 1.19 bits per heavy atom. The quantitative estimate of drug-likeness (QED) is 0.300. The predicted octanol–water partition coefficient (Wildman–Crippen LogP) is 6.71. The van der Waals surface area contributed by atoms with Crippen molar-refractivity contribution in [3.05, 3.63) is 59.2 Å². The van der Waals surface area contributed by atoms with E-state index in [4.69, 9.17) is 9.47 Å². The fourth-order valence-corrected chi connectivity index (χ4v) is 3.76. The van der Waals surface area contributed by atoms with Gasteiger partial charge in [0, 0.05) is 5.39 Å². The second-order valence-electron chi connectivity index (χ2n) is 8.93. The molecule has 0 saturated heterocycles. The second kappa shape index (κ2) is 9.95. The van der Waals surface area contributed by atoms with Crippen LogP contribution < -0.4 is 0 Å². The van der Waals surface area contributed by atoms with Crippen LogP contribution in [0, 0.1) is 18.8 Å². The number of rotatable bonds is 8. The summed E-state index contributed by atoms with van der Waals surface area (Å²) >= 11 is 0. The van der Waals surface area contributed by atoms with Crippen LogP contribution in [0.2, 0.25) is 0 Å². The number of carbonyl (C=O) groups is 2. The first-order valence-corrected chi connectivity index (χ1v) is 11.1. The lowest BCUT2D eigenvalue weighted by atomic mass is 9.89. The summed E-state index contributed by atoms with van der Waals surface area (Å²) in [6.45, 7) is 11.1. The van der Waals surface area contributed by atoms with Crippen LogP contribution in [0.5, 0.6) is 0 Å². The van der Waals surface area contributed by atoms with Crippen molar-refractivity contribution in [2.45, 2.75) is 47.5 Å². The maximum atomic E-state index is 13.2. The van der Waals surface area contributed by atoms with Crippen molar-refractivity contribution in [1.29, 1.82) is 0 Å². The summed E-state index contributed by atoms with van der Waals surface area (Å²) in [4.78, 5) is 26.4. The van der Waals surface area contributed by atoms with Crippen LogP contribution in [0.15, 0.2) is 42.5 Å². The van der Waals surface area contributed by atoms with E-state index in [0.29, 0.717) is 41.6 Å². The lowest BCUT2D eigenvalue weighted by molar-refractivity contribution is 0.0479. The summed E-state index contributed by atoms with van der Waals surface area (Å²) in [6.07, 6.45) is 1.61. The molecule has 164 valence electrons. The highest BCUT2D eigenvalue weighted by Crippen LogP contribution is 2.35. The Labute approximate surface area is 184 Å². The molecule has 0 heterocycles. The van der Waals surface area contributed by atoms with E-state index in [1.165, 1.54) is 0 Å². The molecule has 4 nitrogen and oxygen atoms in total. The molecule has 31 heavy (non-hydrogen) atoms. The molecule has 4 heteroatoms. The molecule has 0 N–H and O–H groups in total. The Morgan fingerprint density at radius 1 is 0.710 bits per heavy atom. The maximum absolute atomic E-state index is 13.2. The van der Waals surface area contributed by atoms with Gasteiger partial charge in [0.05, 0.1) is 24.3 Å². The van der Waals surface area contributed by atoms with E-state index in [0.717, 1.165) is 34.6 Å². The molecular weight excluding hydrogens is 388 g/mol. The van der Waals surface area contributed by atoms with Gasteiger partial charge in [-0.05, 0) is 53.3 Å². The SMILES string of the molecule is Cc1cccc2c(C(=O)OCCC(C)C)c3ccccc3c(C(=O)OCCC(C)C)c12. The van der Waals surface area contributed by atoms with E-state index in [1.807, 2.05) is 49.4 Å². The van der Waals surface area contributed by atoms with Crippen LogP contribution in [0.4, 0.5) is 0 Å². The van der Waals surface area contributed by atoms with E-state index in [2.05, 4.69) is 27.7 Å². The maximum Gasteiger partial charge on any atom is 0.339 e. The van der Waals surface area contributed by atoms with Gasteiger partial charge in [0.25, 0.3) is 0 Å². The largest absolute Gasteiger partial charge is 0.462 e. The van der Waals surface area contributed by atoms with Crippen molar-refractivity contribution in [3.8, 4) is 0 Å². The molecule has 0 unspecified atom stereocenters. The smallest absolute Gasteiger partial charge is 0.339 e. The van der Waals surface area contributed by atoms with Crippen LogP contribution in [-0.2, 0) is 9.47 Å². The zero-order chi connectivity index (χ0) is 22.5. The van der Waals surface area contributed by atoms with E-state index < -0.39 is 0 Å². The Kier molecular flexibility index (Phi) is 7.32. The monoisotopic (exact) mass is 420 g/mol. The second-order valence-corrected chi connectivity index (χ2v) is 8.93. The third-order valence-electron chi connectivity index (χ3n) is 5.52. The first-order chi connectivity index (χ1) is 14.8. The standard InChI is InChI=1S/C27H32O4/c1-17(2)13-15-30-26(28)24-20-10-6-7-11-21(20)25(27(29)31-16-14-18(3)4)23-19(5)9-8-12-22(23)24/h6-12,17-18H,13-16H2,1-5H3. The Balaban J connectivity index is 2.17. The van der Waals surface area contributed by atoms with E-state index in [9.17, 15) is 9.59 Å². The van der Waals surface area contributed by atoms with Crippen LogP contribution in [0.1, 0.15) is 66.8 Å². The summed E-state index contributed by atoms with van der Waals surface area (Å²) in [7, 11) is 0. The van der Waals surface area contributed by atoms with Gasteiger partial charge in [0.2, 0.25) is 0 Å². The molecule has 0 bridgehead atoms. The fourth-order valence-electron chi connectivity index (χ4n) is 3.76. The van der Waals surface area contributed by atoms with Crippen LogP contribution >= 0.6 is 0 Å². The highest BCUT2D eigenvalue weighted by molar-refractivity contribution is 6.25. The first kappa shape index (κ1) is 22.8. The van der Waals surface area contributed by atoms with Crippen molar-refractivity contribution in [2.75, 3.05) is 13.2 Å². The average Bonchev–Trinajstić information content (AvgIpc) is 2.71. The zero-order valence-electron chi connectivity index (χ0n) is 19.2. The van der Waals surface area contributed by atoms with Gasteiger partial charge in [0.1, 0.15) is 0 Å². The number of carbonyl (C=O) groups excluding carboxylic acids is 2. The van der Waals surface area contributed by atoms with Crippen molar-refractivity contribution >= 4 is 33.5 Å². The van der Waals surface area contributed by atoms with Gasteiger partial charge in [-0.15, -0.1) is 0 Å². The van der Waals surface area contributed by atoms with Crippen LogP contribution in [0.3, 0.4) is 0 Å². The van der Waals surface area contributed by atoms with Gasteiger partial charge in [-0.25, -0.2) is 9.59 Å².